The summed E-state index contributed by atoms with van der Waals surface area (Å²) >= 11 is 0. The molecule has 0 atom stereocenters. The van der Waals surface area contributed by atoms with Crippen LogP contribution in [0.25, 0.3) is 32.7 Å². The van der Waals surface area contributed by atoms with E-state index < -0.39 is 0 Å². The molecule has 1 nitrogen and oxygen atoms in total. The lowest BCUT2D eigenvalue weighted by molar-refractivity contribution is 1.30. The van der Waals surface area contributed by atoms with E-state index in [1.807, 2.05) is 30.3 Å². The SMILES string of the molecule is C#Cc1ccccc1.Cc1ccc(-c2ccc(N(c3ccccc3)c3cccc4ccccc34)cc2)cc1.Cc1cccc2ccccc12. The number of benzene rings is 8. The lowest BCUT2D eigenvalue weighted by Gasteiger charge is -2.27. The zero-order valence-corrected chi connectivity index (χ0v) is 28.0. The summed E-state index contributed by atoms with van der Waals surface area (Å²) in [5.74, 6) is 2.53. The van der Waals surface area contributed by atoms with Crippen molar-refractivity contribution in [2.75, 3.05) is 4.90 Å². The van der Waals surface area contributed by atoms with Crippen LogP contribution in [-0.4, -0.2) is 0 Å². The topological polar surface area (TPSA) is 3.24 Å². The van der Waals surface area contributed by atoms with Gasteiger partial charge in [0.2, 0.25) is 0 Å². The van der Waals surface area contributed by atoms with E-state index in [0.29, 0.717) is 0 Å². The summed E-state index contributed by atoms with van der Waals surface area (Å²) in [6.07, 6.45) is 5.10. The van der Waals surface area contributed by atoms with Gasteiger partial charge in [-0.2, -0.15) is 0 Å². The largest absolute Gasteiger partial charge is 0.310 e. The summed E-state index contributed by atoms with van der Waals surface area (Å²) in [7, 11) is 0. The maximum Gasteiger partial charge on any atom is 0.0540 e. The van der Waals surface area contributed by atoms with Crippen LogP contribution in [0.4, 0.5) is 17.1 Å². The van der Waals surface area contributed by atoms with Crippen molar-refractivity contribution in [2.24, 2.45) is 0 Å². The van der Waals surface area contributed by atoms with Gasteiger partial charge in [-0.25, -0.2) is 0 Å². The van der Waals surface area contributed by atoms with Gasteiger partial charge in [-0.15, -0.1) is 6.42 Å². The number of fused-ring (bicyclic) bond motifs is 2. The summed E-state index contributed by atoms with van der Waals surface area (Å²) < 4.78 is 0. The Labute approximate surface area is 290 Å². The molecule has 0 amide bonds. The Hall–Kier alpha value is -6.36. The normalized spacial score (nSPS) is 10.2. The summed E-state index contributed by atoms with van der Waals surface area (Å²) in [5.41, 5.74) is 9.51. The van der Waals surface area contributed by atoms with E-state index in [1.54, 1.807) is 0 Å². The zero-order chi connectivity index (χ0) is 33.8. The smallest absolute Gasteiger partial charge is 0.0540 e. The van der Waals surface area contributed by atoms with E-state index in [2.05, 4.69) is 188 Å². The van der Waals surface area contributed by atoms with Gasteiger partial charge in [0.05, 0.1) is 5.69 Å². The highest BCUT2D eigenvalue weighted by Gasteiger charge is 2.15. The fourth-order valence-electron chi connectivity index (χ4n) is 5.88. The van der Waals surface area contributed by atoms with Crippen molar-refractivity contribution in [3.63, 3.8) is 0 Å². The predicted molar refractivity (Wildman–Crippen MR) is 212 cm³/mol. The van der Waals surface area contributed by atoms with Crippen molar-refractivity contribution in [3.8, 4) is 23.5 Å². The van der Waals surface area contributed by atoms with Gasteiger partial charge in [0.25, 0.3) is 0 Å². The molecular weight excluding hydrogens is 591 g/mol. The van der Waals surface area contributed by atoms with Crippen molar-refractivity contribution >= 4 is 38.6 Å². The van der Waals surface area contributed by atoms with Crippen molar-refractivity contribution < 1.29 is 0 Å². The Kier molecular flexibility index (Phi) is 10.6. The Morgan fingerprint density at radius 1 is 0.408 bits per heavy atom. The molecule has 0 unspecified atom stereocenters. The number of para-hydroxylation sites is 1. The maximum atomic E-state index is 5.10. The van der Waals surface area contributed by atoms with Crippen LogP contribution < -0.4 is 4.90 Å². The van der Waals surface area contributed by atoms with Gasteiger partial charge in [-0.1, -0.05) is 163 Å². The van der Waals surface area contributed by atoms with E-state index in [-0.39, 0.29) is 0 Å². The summed E-state index contributed by atoms with van der Waals surface area (Å²) in [4.78, 5) is 2.33. The third kappa shape index (κ3) is 8.14. The molecule has 1 heteroatoms. The second-order valence-electron chi connectivity index (χ2n) is 11.9. The minimum Gasteiger partial charge on any atom is -0.310 e. The first-order valence-electron chi connectivity index (χ1n) is 16.6. The molecule has 236 valence electrons. The van der Waals surface area contributed by atoms with Gasteiger partial charge in [-0.05, 0) is 89.2 Å². The van der Waals surface area contributed by atoms with Crippen LogP contribution in [0.3, 0.4) is 0 Å². The lowest BCUT2D eigenvalue weighted by Crippen LogP contribution is -2.10. The van der Waals surface area contributed by atoms with E-state index >= 15 is 0 Å². The predicted octanol–water partition coefficient (Wildman–Crippen LogP) is 13.1. The quantitative estimate of drug-likeness (QED) is 0.175. The first-order valence-corrected chi connectivity index (χ1v) is 16.6. The molecule has 0 aromatic heterocycles. The number of aryl methyl sites for hydroxylation is 2. The minimum absolute atomic E-state index is 0.938. The van der Waals surface area contributed by atoms with E-state index in [4.69, 9.17) is 6.42 Å². The number of rotatable bonds is 4. The molecule has 49 heavy (non-hydrogen) atoms. The minimum atomic E-state index is 0.938. The standard InChI is InChI=1S/C29H23N.C11H10.C8H6/c1-22-14-16-23(17-15-22)24-18-20-27(21-19-24)30(26-10-3-2-4-11-26)29-13-7-9-25-8-5-6-12-28(25)29;1-9-5-4-7-10-6-2-3-8-11(9)10;1-2-8-6-4-3-5-7-8/h2-21H,1H3;2-8H,1H3;1,3-7H. The average molecular weight is 630 g/mol. The highest BCUT2D eigenvalue weighted by atomic mass is 15.1. The lowest BCUT2D eigenvalue weighted by atomic mass is 10.0. The second-order valence-corrected chi connectivity index (χ2v) is 11.9. The number of nitrogens with zero attached hydrogens (tertiary/aromatic N) is 1. The van der Waals surface area contributed by atoms with Gasteiger partial charge in [0.1, 0.15) is 0 Å². The van der Waals surface area contributed by atoms with Crippen LogP contribution in [0.2, 0.25) is 0 Å². The van der Waals surface area contributed by atoms with Crippen LogP contribution >= 0.6 is 0 Å². The molecule has 8 aromatic carbocycles. The number of hydrogen-bond acceptors (Lipinski definition) is 1. The summed E-state index contributed by atoms with van der Waals surface area (Å²) in [6.45, 7) is 4.26. The molecule has 0 heterocycles. The van der Waals surface area contributed by atoms with Crippen molar-refractivity contribution in [1.29, 1.82) is 0 Å². The molecule has 0 spiro atoms. The van der Waals surface area contributed by atoms with Gasteiger partial charge in [-0.3, -0.25) is 0 Å². The fraction of sp³-hybridized carbons (Fsp3) is 0.0417. The second kappa shape index (κ2) is 16.0. The Morgan fingerprint density at radius 2 is 0.878 bits per heavy atom. The molecule has 0 N–H and O–H groups in total. The summed E-state index contributed by atoms with van der Waals surface area (Å²) in [6, 6.07) is 67.6. The monoisotopic (exact) mass is 629 g/mol. The Morgan fingerprint density at radius 3 is 1.47 bits per heavy atom. The molecule has 0 saturated heterocycles. The molecule has 0 saturated carbocycles. The van der Waals surface area contributed by atoms with Gasteiger partial charge in [0.15, 0.2) is 0 Å². The molecular formula is C48H39N. The number of terminal acetylenes is 1. The number of hydrogen-bond donors (Lipinski definition) is 0. The molecule has 8 aromatic rings. The molecule has 0 bridgehead atoms. The highest BCUT2D eigenvalue weighted by molar-refractivity contribution is 5.99. The first kappa shape index (κ1) is 32.6. The van der Waals surface area contributed by atoms with Crippen molar-refractivity contribution in [2.45, 2.75) is 13.8 Å². The molecule has 0 radical (unpaired) electrons. The average Bonchev–Trinajstić information content (AvgIpc) is 3.17. The van der Waals surface area contributed by atoms with Crippen LogP contribution in [-0.2, 0) is 0 Å². The van der Waals surface area contributed by atoms with E-state index in [1.165, 1.54) is 49.5 Å². The fourth-order valence-corrected chi connectivity index (χ4v) is 5.88. The van der Waals surface area contributed by atoms with Crippen molar-refractivity contribution in [3.05, 3.63) is 211 Å². The third-order valence-electron chi connectivity index (χ3n) is 8.48. The van der Waals surface area contributed by atoms with Crippen LogP contribution in [0, 0.1) is 26.2 Å². The molecule has 0 aliphatic heterocycles. The zero-order valence-electron chi connectivity index (χ0n) is 28.0. The van der Waals surface area contributed by atoms with Crippen LogP contribution in [0.5, 0.6) is 0 Å². The molecule has 8 rings (SSSR count). The van der Waals surface area contributed by atoms with E-state index in [9.17, 15) is 0 Å². The Balaban J connectivity index is 0.000000177. The Bertz CT molecular complexity index is 2270. The van der Waals surface area contributed by atoms with Gasteiger partial charge >= 0.3 is 0 Å². The van der Waals surface area contributed by atoms with Crippen molar-refractivity contribution in [1.82, 2.24) is 0 Å². The van der Waals surface area contributed by atoms with Crippen LogP contribution in [0.15, 0.2) is 194 Å². The molecule has 0 aliphatic carbocycles. The maximum absolute atomic E-state index is 5.10. The first-order chi connectivity index (χ1) is 24.1. The highest BCUT2D eigenvalue weighted by Crippen LogP contribution is 2.39. The van der Waals surface area contributed by atoms with Gasteiger partial charge in [0, 0.05) is 22.3 Å². The summed E-state index contributed by atoms with van der Waals surface area (Å²) in [5, 5.41) is 5.17. The number of anilines is 3. The van der Waals surface area contributed by atoms with Crippen LogP contribution in [0.1, 0.15) is 16.7 Å². The molecule has 0 aliphatic rings. The third-order valence-corrected chi connectivity index (χ3v) is 8.48. The van der Waals surface area contributed by atoms with Gasteiger partial charge < -0.3 is 4.90 Å². The van der Waals surface area contributed by atoms with E-state index in [0.717, 1.165) is 16.9 Å². The molecule has 0 fully saturated rings.